The molecule has 25 heavy (non-hydrogen) atoms. The highest BCUT2D eigenvalue weighted by molar-refractivity contribution is 5.93. The minimum atomic E-state index is -3.03. The van der Waals surface area contributed by atoms with Gasteiger partial charge in [-0.2, -0.15) is 8.78 Å². The van der Waals surface area contributed by atoms with Gasteiger partial charge in [0.15, 0.2) is 11.5 Å². The number of anilines is 2. The van der Waals surface area contributed by atoms with Crippen molar-refractivity contribution in [2.24, 2.45) is 0 Å². The van der Waals surface area contributed by atoms with Crippen molar-refractivity contribution in [3.05, 3.63) is 48.0 Å². The van der Waals surface area contributed by atoms with E-state index in [1.54, 1.807) is 0 Å². The number of halogens is 4. The lowest BCUT2D eigenvalue weighted by Gasteiger charge is -2.13. The molecule has 5 nitrogen and oxygen atoms in total. The third-order valence-electron chi connectivity index (χ3n) is 2.98. The lowest BCUT2D eigenvalue weighted by molar-refractivity contribution is -0.114. The molecule has 2 N–H and O–H groups in total. The maximum atomic E-state index is 13.1. The Bertz CT molecular complexity index is 736. The van der Waals surface area contributed by atoms with E-state index in [1.807, 2.05) is 0 Å². The number of methoxy groups -OCH3 is 1. The fraction of sp³-hybridized carbons (Fsp3) is 0.188. The predicted molar refractivity (Wildman–Crippen MR) is 83.1 cm³/mol. The molecule has 9 heteroatoms. The molecule has 0 saturated heterocycles. The Balaban J connectivity index is 1.99. The highest BCUT2D eigenvalue weighted by Crippen LogP contribution is 2.31. The summed E-state index contributed by atoms with van der Waals surface area (Å²) in [6.07, 6.45) is 0. The van der Waals surface area contributed by atoms with Crippen LogP contribution in [-0.4, -0.2) is 26.2 Å². The number of ether oxygens (including phenoxy) is 2. The number of hydrogen-bond donors (Lipinski definition) is 2. The van der Waals surface area contributed by atoms with Gasteiger partial charge in [-0.25, -0.2) is 8.78 Å². The standard InChI is InChI=1S/C16H14F4N2O3/c1-24-13-3-2-11(7-14(13)25-16(19)20)21-8-15(23)22-12-5-9(17)4-10(18)6-12/h2-7,16,21H,8H2,1H3,(H,22,23). The van der Waals surface area contributed by atoms with Gasteiger partial charge in [-0.15, -0.1) is 0 Å². The molecule has 0 unspecified atom stereocenters. The fourth-order valence-corrected chi connectivity index (χ4v) is 1.99. The third-order valence-corrected chi connectivity index (χ3v) is 2.98. The van der Waals surface area contributed by atoms with Gasteiger partial charge >= 0.3 is 6.61 Å². The zero-order chi connectivity index (χ0) is 18.4. The Kier molecular flexibility index (Phi) is 6.04. The van der Waals surface area contributed by atoms with Crippen LogP contribution in [0.4, 0.5) is 28.9 Å². The Labute approximate surface area is 140 Å². The Morgan fingerprint density at radius 2 is 1.72 bits per heavy atom. The van der Waals surface area contributed by atoms with Gasteiger partial charge in [-0.1, -0.05) is 0 Å². The smallest absolute Gasteiger partial charge is 0.387 e. The van der Waals surface area contributed by atoms with E-state index in [9.17, 15) is 22.4 Å². The summed E-state index contributed by atoms with van der Waals surface area (Å²) in [5.41, 5.74) is 0.276. The van der Waals surface area contributed by atoms with E-state index >= 15 is 0 Å². The average Bonchev–Trinajstić information content (AvgIpc) is 2.51. The van der Waals surface area contributed by atoms with Gasteiger partial charge < -0.3 is 20.1 Å². The first kappa shape index (κ1) is 18.4. The summed E-state index contributed by atoms with van der Waals surface area (Å²) in [7, 11) is 1.30. The third kappa shape index (κ3) is 5.55. The normalized spacial score (nSPS) is 10.5. The molecule has 0 aromatic heterocycles. The van der Waals surface area contributed by atoms with Crippen LogP contribution in [0.1, 0.15) is 0 Å². The molecule has 0 aliphatic rings. The van der Waals surface area contributed by atoms with Crippen molar-refractivity contribution < 1.29 is 31.8 Å². The largest absolute Gasteiger partial charge is 0.493 e. The van der Waals surface area contributed by atoms with E-state index in [2.05, 4.69) is 15.4 Å². The first-order valence-electron chi connectivity index (χ1n) is 7.00. The quantitative estimate of drug-likeness (QED) is 0.742. The minimum absolute atomic E-state index is 0.0410. The Hall–Kier alpha value is -2.97. The summed E-state index contributed by atoms with van der Waals surface area (Å²) in [6.45, 7) is -3.30. The van der Waals surface area contributed by atoms with Gasteiger partial charge in [0, 0.05) is 23.5 Å². The fourth-order valence-electron chi connectivity index (χ4n) is 1.99. The summed E-state index contributed by atoms with van der Waals surface area (Å²) in [4.78, 5) is 11.8. The van der Waals surface area contributed by atoms with Crippen molar-refractivity contribution in [1.82, 2.24) is 0 Å². The number of nitrogens with one attached hydrogen (secondary N) is 2. The highest BCUT2D eigenvalue weighted by atomic mass is 19.3. The Morgan fingerprint density at radius 3 is 2.32 bits per heavy atom. The molecule has 0 heterocycles. The summed E-state index contributed by atoms with van der Waals surface area (Å²) in [5.74, 6) is -2.34. The summed E-state index contributed by atoms with van der Waals surface area (Å²) in [5, 5.41) is 4.98. The van der Waals surface area contributed by atoms with E-state index in [-0.39, 0.29) is 23.7 Å². The van der Waals surface area contributed by atoms with Crippen molar-refractivity contribution in [2.45, 2.75) is 6.61 Å². The molecule has 0 bridgehead atoms. The molecular weight excluding hydrogens is 344 g/mol. The first-order valence-corrected chi connectivity index (χ1v) is 7.00. The first-order chi connectivity index (χ1) is 11.9. The Morgan fingerprint density at radius 1 is 1.04 bits per heavy atom. The second-order valence-electron chi connectivity index (χ2n) is 4.80. The molecule has 0 atom stereocenters. The maximum absolute atomic E-state index is 13.1. The van der Waals surface area contributed by atoms with Gasteiger partial charge in [0.1, 0.15) is 11.6 Å². The van der Waals surface area contributed by atoms with Crippen LogP contribution in [0, 0.1) is 11.6 Å². The molecule has 0 radical (unpaired) electrons. The molecule has 2 aromatic rings. The number of hydrogen-bond acceptors (Lipinski definition) is 4. The maximum Gasteiger partial charge on any atom is 0.387 e. The van der Waals surface area contributed by atoms with E-state index in [0.717, 1.165) is 12.1 Å². The summed E-state index contributed by atoms with van der Waals surface area (Å²) in [6, 6.07) is 6.72. The van der Waals surface area contributed by atoms with Gasteiger partial charge in [-0.3, -0.25) is 4.79 Å². The molecule has 2 rings (SSSR count). The zero-order valence-corrected chi connectivity index (χ0v) is 13.0. The number of carbonyl (C=O) groups is 1. The molecule has 2 aromatic carbocycles. The van der Waals surface area contributed by atoms with Crippen LogP contribution in [0.5, 0.6) is 11.5 Å². The van der Waals surface area contributed by atoms with Crippen molar-refractivity contribution in [3.63, 3.8) is 0 Å². The van der Waals surface area contributed by atoms with Crippen molar-refractivity contribution in [3.8, 4) is 11.5 Å². The van der Waals surface area contributed by atoms with E-state index in [1.165, 1.54) is 25.3 Å². The van der Waals surface area contributed by atoms with Crippen LogP contribution in [0.2, 0.25) is 0 Å². The SMILES string of the molecule is COc1ccc(NCC(=O)Nc2cc(F)cc(F)c2)cc1OC(F)F. The molecule has 0 aliphatic heterocycles. The number of benzene rings is 2. The van der Waals surface area contributed by atoms with Crippen LogP contribution in [0.15, 0.2) is 36.4 Å². The summed E-state index contributed by atoms with van der Waals surface area (Å²) >= 11 is 0. The molecule has 0 saturated carbocycles. The second kappa shape index (κ2) is 8.22. The van der Waals surface area contributed by atoms with Crippen LogP contribution in [0.25, 0.3) is 0 Å². The summed E-state index contributed by atoms with van der Waals surface area (Å²) < 4.78 is 60.1. The van der Waals surface area contributed by atoms with Gasteiger partial charge in [0.2, 0.25) is 5.91 Å². The number of amides is 1. The zero-order valence-electron chi connectivity index (χ0n) is 13.0. The lowest BCUT2D eigenvalue weighted by atomic mass is 10.2. The molecule has 0 spiro atoms. The monoisotopic (exact) mass is 358 g/mol. The van der Waals surface area contributed by atoms with Crippen molar-refractivity contribution >= 4 is 17.3 Å². The van der Waals surface area contributed by atoms with E-state index in [4.69, 9.17) is 4.74 Å². The minimum Gasteiger partial charge on any atom is -0.493 e. The average molecular weight is 358 g/mol. The molecular formula is C16H14F4N2O3. The second-order valence-corrected chi connectivity index (χ2v) is 4.80. The lowest BCUT2D eigenvalue weighted by Crippen LogP contribution is -2.22. The van der Waals surface area contributed by atoms with Crippen LogP contribution < -0.4 is 20.1 Å². The van der Waals surface area contributed by atoms with Crippen molar-refractivity contribution in [1.29, 1.82) is 0 Å². The molecule has 134 valence electrons. The topological polar surface area (TPSA) is 59.6 Å². The highest BCUT2D eigenvalue weighted by Gasteiger charge is 2.12. The van der Waals surface area contributed by atoms with Gasteiger partial charge in [-0.05, 0) is 24.3 Å². The molecule has 0 fully saturated rings. The molecule has 1 amide bonds. The van der Waals surface area contributed by atoms with Crippen LogP contribution >= 0.6 is 0 Å². The van der Waals surface area contributed by atoms with Crippen LogP contribution in [-0.2, 0) is 4.79 Å². The predicted octanol–water partition coefficient (Wildman–Crippen LogP) is 3.63. The van der Waals surface area contributed by atoms with Crippen LogP contribution in [0.3, 0.4) is 0 Å². The van der Waals surface area contributed by atoms with E-state index in [0.29, 0.717) is 11.8 Å². The van der Waals surface area contributed by atoms with Gasteiger partial charge in [0.05, 0.1) is 13.7 Å². The number of alkyl halides is 2. The van der Waals surface area contributed by atoms with E-state index < -0.39 is 24.2 Å². The number of rotatable bonds is 7. The molecule has 0 aliphatic carbocycles. The van der Waals surface area contributed by atoms with Crippen molar-refractivity contribution in [2.75, 3.05) is 24.3 Å². The number of carbonyl (C=O) groups excluding carboxylic acids is 1. The van der Waals surface area contributed by atoms with Gasteiger partial charge in [0.25, 0.3) is 0 Å².